The van der Waals surface area contributed by atoms with E-state index in [-0.39, 0.29) is 55.2 Å². The smallest absolute Gasteiger partial charge is 0.244 e. The van der Waals surface area contributed by atoms with Crippen LogP contribution in [-0.2, 0) is 43.4 Å². The number of piperidine rings is 1. The van der Waals surface area contributed by atoms with Crippen LogP contribution in [0.15, 0.2) is 60.8 Å². The molecule has 0 spiro atoms. The minimum Gasteiger partial charge on any atom is -0.384 e. The maximum atomic E-state index is 14.5. The number of rotatable bonds is 11. The van der Waals surface area contributed by atoms with Crippen LogP contribution in [0.4, 0.5) is 11.5 Å². The van der Waals surface area contributed by atoms with E-state index in [1.165, 1.54) is 5.56 Å². The summed E-state index contributed by atoms with van der Waals surface area (Å²) >= 11 is 0. The summed E-state index contributed by atoms with van der Waals surface area (Å²) < 4.78 is 5.60. The number of likely N-dealkylation sites (tertiary alicyclic amines) is 1. The molecule has 0 bridgehead atoms. The topological polar surface area (TPSA) is 133 Å². The van der Waals surface area contributed by atoms with Gasteiger partial charge in [-0.15, -0.1) is 0 Å². The number of amides is 4. The number of aromatic nitrogens is 1. The Bertz CT molecular complexity index is 1700. The van der Waals surface area contributed by atoms with Crippen LogP contribution in [0.2, 0.25) is 0 Å². The molecule has 252 valence electrons. The molecular weight excluding hydrogens is 608 g/mol. The highest BCUT2D eigenvalue weighted by atomic mass is 16.5. The maximum Gasteiger partial charge on any atom is 0.244 e. The summed E-state index contributed by atoms with van der Waals surface area (Å²) in [4.78, 5) is 61.2. The fraction of sp³-hybridized carbons (Fsp3) is 0.432. The van der Waals surface area contributed by atoms with Gasteiger partial charge < -0.3 is 30.5 Å². The lowest BCUT2D eigenvalue weighted by atomic mass is 9.77. The van der Waals surface area contributed by atoms with Gasteiger partial charge >= 0.3 is 0 Å². The summed E-state index contributed by atoms with van der Waals surface area (Å²) in [5.74, 6) is -0.289. The van der Waals surface area contributed by atoms with Crippen molar-refractivity contribution in [1.82, 2.24) is 20.1 Å². The second-order valence-electron chi connectivity index (χ2n) is 13.2. The Hall–Kier alpha value is -4.61. The summed E-state index contributed by atoms with van der Waals surface area (Å²) in [6.07, 6.45) is 4.27. The molecule has 11 heteroatoms. The SMILES string of the molecule is CNCc1ccccc1CN(CC(=O)Nc1ccc2c(c1)C(C1C(=O)Nc3ncccc31)CC2)C(=O)C1(COC)CCN(C(C)=O)CC1. The highest BCUT2D eigenvalue weighted by molar-refractivity contribution is 6.02. The van der Waals surface area contributed by atoms with Gasteiger partial charge in [0.15, 0.2) is 0 Å². The van der Waals surface area contributed by atoms with Gasteiger partial charge in [0.1, 0.15) is 12.4 Å². The van der Waals surface area contributed by atoms with Crippen LogP contribution >= 0.6 is 0 Å². The second-order valence-corrected chi connectivity index (χ2v) is 13.2. The summed E-state index contributed by atoms with van der Waals surface area (Å²) in [6.45, 7) is 3.37. The number of benzene rings is 2. The molecule has 3 heterocycles. The highest BCUT2D eigenvalue weighted by Crippen LogP contribution is 2.48. The number of hydrogen-bond donors (Lipinski definition) is 3. The van der Waals surface area contributed by atoms with Gasteiger partial charge in [-0.25, -0.2) is 4.98 Å². The first-order valence-electron chi connectivity index (χ1n) is 16.7. The van der Waals surface area contributed by atoms with Crippen molar-refractivity contribution in [2.75, 3.05) is 51.0 Å². The zero-order chi connectivity index (χ0) is 33.8. The molecule has 3 N–H and O–H groups in total. The quantitative estimate of drug-likeness (QED) is 0.287. The van der Waals surface area contributed by atoms with Crippen molar-refractivity contribution in [3.05, 3.63) is 88.6 Å². The normalized spacial score (nSPS) is 19.3. The van der Waals surface area contributed by atoms with Crippen LogP contribution in [0.5, 0.6) is 0 Å². The number of methoxy groups -OCH3 is 1. The predicted molar refractivity (Wildman–Crippen MR) is 182 cm³/mol. The number of ether oxygens (including phenoxy) is 1. The number of fused-ring (bicyclic) bond motifs is 2. The number of carbonyl (C=O) groups excluding carboxylic acids is 4. The van der Waals surface area contributed by atoms with E-state index >= 15 is 0 Å². The van der Waals surface area contributed by atoms with Crippen molar-refractivity contribution >= 4 is 35.1 Å². The first kappa shape index (κ1) is 33.3. The standard InChI is InChI=1S/C37H44N6O5/c1-24(44)42-17-14-37(15-18-42,23-48-3)36(47)43(21-27-8-5-4-7-26(27)20-38-2)22-32(45)40-28-12-10-25-11-13-29(31(25)19-28)33-30-9-6-16-39-34(30)41-35(33)46/h4-10,12,16,19,29,33,38H,11,13-15,17-18,20-23H2,1-3H3,(H,40,45)(H,39,41,46). The van der Waals surface area contributed by atoms with Crippen molar-refractivity contribution in [2.45, 2.75) is 57.5 Å². The van der Waals surface area contributed by atoms with Crippen molar-refractivity contribution < 1.29 is 23.9 Å². The second kappa shape index (κ2) is 14.2. The van der Waals surface area contributed by atoms with E-state index < -0.39 is 5.41 Å². The third-order valence-electron chi connectivity index (χ3n) is 10.2. The molecule has 2 atom stereocenters. The van der Waals surface area contributed by atoms with Crippen LogP contribution in [0.25, 0.3) is 0 Å². The van der Waals surface area contributed by atoms with E-state index in [9.17, 15) is 19.2 Å². The Balaban J connectivity index is 1.24. The molecule has 1 fully saturated rings. The molecular formula is C37H44N6O5. The molecule has 3 aliphatic rings. The molecule has 48 heavy (non-hydrogen) atoms. The summed E-state index contributed by atoms with van der Waals surface area (Å²) in [5.41, 5.74) is 4.89. The van der Waals surface area contributed by atoms with E-state index in [1.54, 1.807) is 30.0 Å². The van der Waals surface area contributed by atoms with Gasteiger partial charge in [0.25, 0.3) is 0 Å². The molecule has 1 aliphatic carbocycles. The lowest BCUT2D eigenvalue weighted by Crippen LogP contribution is -2.54. The van der Waals surface area contributed by atoms with Crippen molar-refractivity contribution in [2.24, 2.45) is 5.41 Å². The minimum absolute atomic E-state index is 0.0169. The third kappa shape index (κ3) is 6.70. The number of pyridine rings is 1. The first-order valence-corrected chi connectivity index (χ1v) is 16.7. The molecule has 0 radical (unpaired) electrons. The Morgan fingerprint density at radius 1 is 1.06 bits per heavy atom. The van der Waals surface area contributed by atoms with Crippen molar-refractivity contribution in [3.63, 3.8) is 0 Å². The first-order chi connectivity index (χ1) is 23.2. The average Bonchev–Trinajstić information content (AvgIpc) is 3.64. The highest BCUT2D eigenvalue weighted by Gasteiger charge is 2.45. The third-order valence-corrected chi connectivity index (χ3v) is 10.2. The molecule has 1 saturated heterocycles. The van der Waals surface area contributed by atoms with E-state index in [2.05, 4.69) is 20.9 Å². The van der Waals surface area contributed by atoms with Gasteiger partial charge in [-0.3, -0.25) is 19.2 Å². The van der Waals surface area contributed by atoms with Crippen LogP contribution in [0, 0.1) is 5.41 Å². The largest absolute Gasteiger partial charge is 0.384 e. The number of carbonyl (C=O) groups is 4. The molecule has 2 aliphatic heterocycles. The maximum absolute atomic E-state index is 14.5. The molecule has 3 aromatic rings. The number of hydrogen-bond acceptors (Lipinski definition) is 7. The molecule has 6 rings (SSSR count). The van der Waals surface area contributed by atoms with Crippen LogP contribution in [0.1, 0.15) is 65.8 Å². The van der Waals surface area contributed by atoms with Crippen LogP contribution < -0.4 is 16.0 Å². The Morgan fingerprint density at radius 3 is 2.56 bits per heavy atom. The zero-order valence-electron chi connectivity index (χ0n) is 27.9. The van der Waals surface area contributed by atoms with Crippen molar-refractivity contribution in [3.8, 4) is 0 Å². The minimum atomic E-state index is -0.854. The number of nitrogens with one attached hydrogen (secondary N) is 3. The fourth-order valence-corrected chi connectivity index (χ4v) is 7.70. The predicted octanol–water partition coefficient (Wildman–Crippen LogP) is 3.81. The molecule has 2 unspecified atom stereocenters. The summed E-state index contributed by atoms with van der Waals surface area (Å²) in [6, 6.07) is 17.6. The van der Waals surface area contributed by atoms with Crippen LogP contribution in [0.3, 0.4) is 0 Å². The van der Waals surface area contributed by atoms with Gasteiger partial charge in [0.2, 0.25) is 23.6 Å². The van der Waals surface area contributed by atoms with Gasteiger partial charge in [-0.1, -0.05) is 36.4 Å². The summed E-state index contributed by atoms with van der Waals surface area (Å²) in [7, 11) is 3.45. The monoisotopic (exact) mass is 652 g/mol. The lowest BCUT2D eigenvalue weighted by Gasteiger charge is -2.42. The summed E-state index contributed by atoms with van der Waals surface area (Å²) in [5, 5.41) is 9.17. The lowest BCUT2D eigenvalue weighted by molar-refractivity contribution is -0.153. The van der Waals surface area contributed by atoms with Crippen LogP contribution in [-0.4, -0.2) is 78.8 Å². The Labute approximate surface area is 281 Å². The average molecular weight is 653 g/mol. The molecule has 0 saturated carbocycles. The Morgan fingerprint density at radius 2 is 1.83 bits per heavy atom. The molecule has 4 amide bonds. The van der Waals surface area contributed by atoms with E-state index in [4.69, 9.17) is 4.74 Å². The Kier molecular flexibility index (Phi) is 9.88. The van der Waals surface area contributed by atoms with Crippen molar-refractivity contribution in [1.29, 1.82) is 0 Å². The fourth-order valence-electron chi connectivity index (χ4n) is 7.70. The molecule has 11 nitrogen and oxygen atoms in total. The van der Waals surface area contributed by atoms with Gasteiger partial charge in [-0.2, -0.15) is 0 Å². The van der Waals surface area contributed by atoms with E-state index in [1.807, 2.05) is 61.6 Å². The number of anilines is 2. The zero-order valence-corrected chi connectivity index (χ0v) is 27.9. The van der Waals surface area contributed by atoms with E-state index in [0.29, 0.717) is 44.0 Å². The van der Waals surface area contributed by atoms with Gasteiger partial charge in [0, 0.05) is 63.6 Å². The van der Waals surface area contributed by atoms with Gasteiger partial charge in [-0.05, 0) is 73.2 Å². The van der Waals surface area contributed by atoms with Gasteiger partial charge in [0.05, 0.1) is 17.9 Å². The molecule has 1 aromatic heterocycles. The number of nitrogens with zero attached hydrogens (tertiary/aromatic N) is 3. The number of aryl methyl sites for hydroxylation is 1. The molecule has 2 aromatic carbocycles. The van der Waals surface area contributed by atoms with E-state index in [0.717, 1.165) is 35.1 Å².